The molecule has 3 aromatic carbocycles. The summed E-state index contributed by atoms with van der Waals surface area (Å²) in [4.78, 5) is 25.7. The van der Waals surface area contributed by atoms with Gasteiger partial charge in [0.05, 0.1) is 11.4 Å². The molecule has 1 aliphatic heterocycles. The van der Waals surface area contributed by atoms with Gasteiger partial charge < -0.3 is 19.6 Å². The Hall–Kier alpha value is -4.88. The van der Waals surface area contributed by atoms with E-state index in [0.29, 0.717) is 17.2 Å². The summed E-state index contributed by atoms with van der Waals surface area (Å²) in [6, 6.07) is 18.4. The Bertz CT molecular complexity index is 1940. The summed E-state index contributed by atoms with van der Waals surface area (Å²) < 4.78 is 57.1. The first-order valence-corrected chi connectivity index (χ1v) is 16.2. The Labute approximate surface area is 265 Å². The van der Waals surface area contributed by atoms with Crippen LogP contribution in [0.2, 0.25) is 0 Å². The quantitative estimate of drug-likeness (QED) is 0.135. The summed E-state index contributed by atoms with van der Waals surface area (Å²) in [6.07, 6.45) is 7.25. The summed E-state index contributed by atoms with van der Waals surface area (Å²) in [7, 11) is -2.74. The highest BCUT2D eigenvalue weighted by atomic mass is 32.2. The molecule has 6 rings (SSSR count). The molecule has 0 unspecified atom stereocenters. The van der Waals surface area contributed by atoms with Crippen LogP contribution in [0.4, 0.5) is 26.0 Å². The van der Waals surface area contributed by atoms with Gasteiger partial charge in [-0.15, -0.1) is 0 Å². The molecule has 46 heavy (non-hydrogen) atoms. The predicted octanol–water partition coefficient (Wildman–Crippen LogP) is 6.14. The summed E-state index contributed by atoms with van der Waals surface area (Å²) in [5.74, 6) is -1.40. The number of carbonyl (C=O) groups is 1. The Balaban J connectivity index is 1.16. The maximum atomic E-state index is 14.3. The zero-order valence-corrected chi connectivity index (χ0v) is 25.8. The van der Waals surface area contributed by atoms with Crippen molar-refractivity contribution in [2.45, 2.75) is 30.7 Å². The van der Waals surface area contributed by atoms with E-state index in [-0.39, 0.29) is 16.6 Å². The molecule has 2 aromatic heterocycles. The molecular weight excluding hydrogens is 614 g/mol. The Morgan fingerprint density at radius 2 is 1.74 bits per heavy atom. The second-order valence-corrected chi connectivity index (χ2v) is 13.0. The van der Waals surface area contributed by atoms with Gasteiger partial charge in [-0.25, -0.2) is 18.7 Å². The van der Waals surface area contributed by atoms with E-state index in [0.717, 1.165) is 41.6 Å². The Morgan fingerprint density at radius 3 is 2.46 bits per heavy atom. The first kappa shape index (κ1) is 31.1. The average molecular weight is 647 g/mol. The number of nitrogens with zero attached hydrogens (tertiary/aromatic N) is 5. The summed E-state index contributed by atoms with van der Waals surface area (Å²) in [5.41, 5.74) is 3.17. The van der Waals surface area contributed by atoms with E-state index in [2.05, 4.69) is 61.0 Å². The van der Waals surface area contributed by atoms with Crippen molar-refractivity contribution < 1.29 is 26.8 Å². The number of aryl methyl sites for hydroxylation is 1. The lowest BCUT2D eigenvalue weighted by Crippen LogP contribution is -2.32. The number of nitrogens with one attached hydrogen (secondary N) is 1. The molecule has 13 heteroatoms. The highest BCUT2D eigenvalue weighted by Crippen LogP contribution is 2.30. The van der Waals surface area contributed by atoms with Crippen molar-refractivity contribution >= 4 is 44.6 Å². The zero-order valence-electron chi connectivity index (χ0n) is 25.0. The highest BCUT2D eigenvalue weighted by Gasteiger charge is 2.33. The maximum Gasteiger partial charge on any atom is 0.322 e. The van der Waals surface area contributed by atoms with Gasteiger partial charge in [-0.2, -0.15) is 8.42 Å². The number of sulfonamides is 1. The zero-order chi connectivity index (χ0) is 32.3. The topological polar surface area (TPSA) is 110 Å². The van der Waals surface area contributed by atoms with Crippen molar-refractivity contribution in [2.24, 2.45) is 5.92 Å². The minimum absolute atomic E-state index is 0.145. The van der Waals surface area contributed by atoms with Crippen LogP contribution in [0.25, 0.3) is 22.2 Å². The van der Waals surface area contributed by atoms with E-state index in [9.17, 15) is 22.0 Å². The van der Waals surface area contributed by atoms with Gasteiger partial charge in [0.2, 0.25) is 0 Å². The fourth-order valence-electron chi connectivity index (χ4n) is 5.73. The number of hydrogen-bond donors (Lipinski definition) is 1. The van der Waals surface area contributed by atoms with Crippen molar-refractivity contribution in [1.82, 2.24) is 19.4 Å². The molecule has 5 aromatic rings. The van der Waals surface area contributed by atoms with Crippen molar-refractivity contribution in [3.8, 4) is 11.3 Å². The normalized spacial score (nSPS) is 14.3. The lowest BCUT2D eigenvalue weighted by Gasteiger charge is -2.29. The van der Waals surface area contributed by atoms with Crippen LogP contribution in [0, 0.1) is 17.6 Å². The highest BCUT2D eigenvalue weighted by molar-refractivity contribution is 7.92. The number of rotatable bonds is 11. The predicted molar refractivity (Wildman–Crippen MR) is 171 cm³/mol. The molecule has 1 fully saturated rings. The van der Waals surface area contributed by atoms with Gasteiger partial charge in [0, 0.05) is 41.0 Å². The number of hydrogen-bond acceptors (Lipinski definition) is 8. The molecular formula is C33H32F2N6O4S. The van der Waals surface area contributed by atoms with Crippen LogP contribution >= 0.6 is 0 Å². The average Bonchev–Trinajstić information content (AvgIpc) is 3.46. The first-order chi connectivity index (χ1) is 22.2. The molecule has 0 bridgehead atoms. The number of aromatic nitrogens is 3. The van der Waals surface area contributed by atoms with Crippen LogP contribution in [-0.2, 0) is 26.2 Å². The van der Waals surface area contributed by atoms with Crippen LogP contribution in [-0.4, -0.2) is 54.5 Å². The monoisotopic (exact) mass is 646 g/mol. The molecule has 3 heterocycles. The standard InChI is InChI=1S/C33H32F2N6O4S/c1-39-15-11-23(12-16-39)13-17-40-18-14-25-19-24(5-10-31(25)40)30-20-32(37-21-36-30)38-26-6-8-27(9-7-26)41(45-22-42)46(43,44)33-28(34)3-2-4-29(33)35/h2-10,14,18-23H,11-13,15-17H2,1H3,(H,36,37,38). The van der Waals surface area contributed by atoms with Gasteiger partial charge in [-0.1, -0.05) is 16.6 Å². The molecule has 1 saturated heterocycles. The van der Waals surface area contributed by atoms with Gasteiger partial charge in [-0.3, -0.25) is 4.79 Å². The van der Waals surface area contributed by atoms with Crippen LogP contribution < -0.4 is 9.79 Å². The molecule has 0 radical (unpaired) electrons. The molecule has 0 atom stereocenters. The van der Waals surface area contributed by atoms with Gasteiger partial charge in [0.1, 0.15) is 23.8 Å². The molecule has 10 nitrogen and oxygen atoms in total. The number of halogens is 2. The maximum absolute atomic E-state index is 14.3. The van der Waals surface area contributed by atoms with E-state index in [4.69, 9.17) is 0 Å². The lowest BCUT2D eigenvalue weighted by atomic mass is 9.94. The molecule has 1 N–H and O–H groups in total. The first-order valence-electron chi connectivity index (χ1n) is 14.8. The van der Waals surface area contributed by atoms with Crippen LogP contribution in [0.15, 0.2) is 90.2 Å². The second-order valence-electron chi connectivity index (χ2n) is 11.3. The van der Waals surface area contributed by atoms with Gasteiger partial charge in [0.15, 0.2) is 4.90 Å². The van der Waals surface area contributed by atoms with Crippen LogP contribution in [0.5, 0.6) is 0 Å². The third-order valence-corrected chi connectivity index (χ3v) is 9.87. The number of benzene rings is 3. The lowest BCUT2D eigenvalue weighted by molar-refractivity contribution is -0.128. The number of fused-ring (bicyclic) bond motifs is 1. The molecule has 1 aliphatic rings. The van der Waals surface area contributed by atoms with E-state index >= 15 is 0 Å². The van der Waals surface area contributed by atoms with E-state index < -0.39 is 26.6 Å². The summed E-state index contributed by atoms with van der Waals surface area (Å²) >= 11 is 0. The van der Waals surface area contributed by atoms with E-state index in [1.54, 1.807) is 6.07 Å². The summed E-state index contributed by atoms with van der Waals surface area (Å²) in [6.45, 7) is 3.18. The number of likely N-dealkylation sites (tertiary alicyclic amines) is 1. The summed E-state index contributed by atoms with van der Waals surface area (Å²) in [5, 5.41) is 4.26. The molecule has 0 aliphatic carbocycles. The van der Waals surface area contributed by atoms with E-state index in [1.807, 2.05) is 6.07 Å². The molecule has 238 valence electrons. The molecule has 0 saturated carbocycles. The second kappa shape index (κ2) is 13.2. The fourth-order valence-corrected chi connectivity index (χ4v) is 7.07. The molecule has 0 spiro atoms. The van der Waals surface area contributed by atoms with Crippen LogP contribution in [0.3, 0.4) is 0 Å². The van der Waals surface area contributed by atoms with Gasteiger partial charge in [0.25, 0.3) is 0 Å². The smallest absolute Gasteiger partial charge is 0.322 e. The third-order valence-electron chi connectivity index (χ3n) is 8.23. The Morgan fingerprint density at radius 1 is 1.00 bits per heavy atom. The van der Waals surface area contributed by atoms with Crippen molar-refractivity contribution in [1.29, 1.82) is 0 Å². The fraction of sp³-hybridized carbons (Fsp3) is 0.242. The van der Waals surface area contributed by atoms with Crippen molar-refractivity contribution in [3.63, 3.8) is 0 Å². The van der Waals surface area contributed by atoms with Crippen molar-refractivity contribution in [2.75, 3.05) is 29.9 Å². The third kappa shape index (κ3) is 6.56. The minimum atomic E-state index is -4.92. The van der Waals surface area contributed by atoms with Gasteiger partial charge in [-0.05, 0) is 99.9 Å². The van der Waals surface area contributed by atoms with Crippen molar-refractivity contribution in [3.05, 3.63) is 97.0 Å². The number of anilines is 3. The largest absolute Gasteiger partial charge is 0.347 e. The number of carbonyl (C=O) groups excluding carboxylic acids is 1. The SMILES string of the molecule is CN1CCC(CCn2ccc3cc(-c4cc(Nc5ccc(N(OC=O)S(=O)(=O)c6c(F)cccc6F)cc5)ncn4)ccc32)CC1. The van der Waals surface area contributed by atoms with Gasteiger partial charge >= 0.3 is 16.5 Å². The minimum Gasteiger partial charge on any atom is -0.347 e. The Kier molecular flexibility index (Phi) is 8.95. The molecule has 0 amide bonds. The van der Waals surface area contributed by atoms with E-state index in [1.165, 1.54) is 68.5 Å². The number of piperidine rings is 1. The van der Waals surface area contributed by atoms with Crippen LogP contribution in [0.1, 0.15) is 19.3 Å².